The van der Waals surface area contributed by atoms with E-state index in [0.29, 0.717) is 26.2 Å². The van der Waals surface area contributed by atoms with Gasteiger partial charge in [-0.1, -0.05) is 17.7 Å². The van der Waals surface area contributed by atoms with Gasteiger partial charge in [-0.05, 0) is 23.6 Å². The van der Waals surface area contributed by atoms with Gasteiger partial charge in [-0.2, -0.15) is 0 Å². The van der Waals surface area contributed by atoms with E-state index in [4.69, 9.17) is 16.3 Å². The van der Waals surface area contributed by atoms with Crippen molar-refractivity contribution in [3.63, 3.8) is 0 Å². The number of halogens is 1. The lowest BCUT2D eigenvalue weighted by Gasteiger charge is -2.32. The first-order valence-electron chi connectivity index (χ1n) is 6.64. The Balaban J connectivity index is 1.54. The van der Waals surface area contributed by atoms with Crippen LogP contribution in [-0.4, -0.2) is 30.6 Å². The number of nitrogens with zero attached hydrogens (tertiary/aromatic N) is 1. The van der Waals surface area contributed by atoms with Crippen molar-refractivity contribution in [2.75, 3.05) is 19.7 Å². The molecule has 0 aliphatic carbocycles. The summed E-state index contributed by atoms with van der Waals surface area (Å²) in [5.41, 5.74) is 0. The van der Waals surface area contributed by atoms with Crippen LogP contribution in [0.3, 0.4) is 0 Å². The maximum Gasteiger partial charge on any atom is 0.317 e. The van der Waals surface area contributed by atoms with Crippen LogP contribution in [0.4, 0.5) is 4.79 Å². The van der Waals surface area contributed by atoms with Crippen LogP contribution in [0, 0.1) is 0 Å². The van der Waals surface area contributed by atoms with Gasteiger partial charge in [0.1, 0.15) is 6.10 Å². The van der Waals surface area contributed by atoms with E-state index in [2.05, 4.69) is 5.32 Å². The maximum atomic E-state index is 12.2. The van der Waals surface area contributed by atoms with Crippen molar-refractivity contribution in [3.8, 4) is 0 Å². The van der Waals surface area contributed by atoms with Crippen molar-refractivity contribution in [3.05, 3.63) is 43.7 Å². The Labute approximate surface area is 136 Å². The molecular formula is C14H15ClN2O2S2. The molecule has 0 saturated carbocycles. The molecule has 1 saturated heterocycles. The molecule has 0 spiro atoms. The summed E-state index contributed by atoms with van der Waals surface area (Å²) < 4.78 is 6.48. The molecule has 2 aromatic heterocycles. The minimum absolute atomic E-state index is 0.0133. The van der Waals surface area contributed by atoms with Crippen LogP contribution in [0.2, 0.25) is 4.34 Å². The van der Waals surface area contributed by atoms with Crippen LogP contribution in [0.15, 0.2) is 29.6 Å². The Kier molecular flexibility index (Phi) is 4.80. The number of nitrogens with one attached hydrogen (secondary N) is 1. The maximum absolute atomic E-state index is 12.2. The predicted octanol–water partition coefficient (Wildman–Crippen LogP) is 3.75. The van der Waals surface area contributed by atoms with Crippen LogP contribution in [0.25, 0.3) is 0 Å². The van der Waals surface area contributed by atoms with E-state index >= 15 is 0 Å². The fourth-order valence-electron chi connectivity index (χ4n) is 2.20. The minimum Gasteiger partial charge on any atom is -0.369 e. The highest BCUT2D eigenvalue weighted by Gasteiger charge is 2.25. The van der Waals surface area contributed by atoms with Gasteiger partial charge >= 0.3 is 6.03 Å². The van der Waals surface area contributed by atoms with Crippen molar-refractivity contribution >= 4 is 40.3 Å². The van der Waals surface area contributed by atoms with Crippen molar-refractivity contribution < 1.29 is 9.53 Å². The first-order valence-corrected chi connectivity index (χ1v) is 8.72. The summed E-state index contributed by atoms with van der Waals surface area (Å²) in [7, 11) is 0. The van der Waals surface area contributed by atoms with E-state index < -0.39 is 0 Å². The molecule has 1 aliphatic heterocycles. The van der Waals surface area contributed by atoms with E-state index in [9.17, 15) is 4.79 Å². The Morgan fingerprint density at radius 2 is 2.38 bits per heavy atom. The van der Waals surface area contributed by atoms with Crippen LogP contribution in [0.5, 0.6) is 0 Å². The highest BCUT2D eigenvalue weighted by Crippen LogP contribution is 2.26. The Bertz CT molecular complexity index is 600. The van der Waals surface area contributed by atoms with Crippen LogP contribution >= 0.6 is 34.3 Å². The first kappa shape index (κ1) is 14.8. The predicted molar refractivity (Wildman–Crippen MR) is 86.1 cm³/mol. The third-order valence-corrected chi connectivity index (χ3v) is 5.45. The average molecular weight is 343 g/mol. The van der Waals surface area contributed by atoms with Gasteiger partial charge in [-0.3, -0.25) is 0 Å². The number of amides is 2. The second kappa shape index (κ2) is 6.79. The zero-order valence-corrected chi connectivity index (χ0v) is 13.6. The highest BCUT2D eigenvalue weighted by molar-refractivity contribution is 7.16. The lowest BCUT2D eigenvalue weighted by atomic mass is 10.2. The van der Waals surface area contributed by atoms with E-state index in [0.717, 1.165) is 14.1 Å². The number of rotatable bonds is 3. The second-order valence-corrected chi connectivity index (χ2v) is 7.46. The molecule has 3 rings (SSSR count). The van der Waals surface area contributed by atoms with Crippen molar-refractivity contribution in [2.24, 2.45) is 0 Å². The summed E-state index contributed by atoms with van der Waals surface area (Å²) in [6, 6.07) is 7.77. The van der Waals surface area contributed by atoms with Gasteiger partial charge in [0.15, 0.2) is 0 Å². The van der Waals surface area contributed by atoms with Gasteiger partial charge in [0.05, 0.1) is 24.0 Å². The zero-order valence-electron chi connectivity index (χ0n) is 11.3. The number of hydrogen-bond acceptors (Lipinski definition) is 4. The number of urea groups is 1. The van der Waals surface area contributed by atoms with Crippen molar-refractivity contribution in [1.82, 2.24) is 10.2 Å². The van der Waals surface area contributed by atoms with Gasteiger partial charge in [0.25, 0.3) is 0 Å². The standard InChI is InChI=1S/C14H15ClN2O2S2/c15-13-4-3-10(21-13)8-16-14(18)17-5-6-19-11(9-17)12-2-1-7-20-12/h1-4,7,11H,5-6,8-9H2,(H,16,18). The number of ether oxygens (including phenoxy) is 1. The normalized spacial score (nSPS) is 18.7. The fourth-order valence-corrected chi connectivity index (χ4v) is 3.99. The number of carbonyl (C=O) groups is 1. The van der Waals surface area contributed by atoms with Crippen molar-refractivity contribution in [1.29, 1.82) is 0 Å². The van der Waals surface area contributed by atoms with Gasteiger partial charge < -0.3 is 15.0 Å². The van der Waals surface area contributed by atoms with Gasteiger partial charge in [-0.25, -0.2) is 4.79 Å². The number of thiophene rings is 2. The summed E-state index contributed by atoms with van der Waals surface area (Å²) in [5, 5.41) is 4.96. The molecule has 2 aromatic rings. The van der Waals surface area contributed by atoms with Crippen LogP contribution in [0.1, 0.15) is 15.9 Å². The van der Waals surface area contributed by atoms with E-state index in [-0.39, 0.29) is 12.1 Å². The van der Waals surface area contributed by atoms with Crippen molar-refractivity contribution in [2.45, 2.75) is 12.6 Å². The summed E-state index contributed by atoms with van der Waals surface area (Å²) in [5.74, 6) is 0. The molecule has 2 amide bonds. The lowest BCUT2D eigenvalue weighted by molar-refractivity contribution is -0.0135. The molecule has 1 N–H and O–H groups in total. The fraction of sp³-hybridized carbons (Fsp3) is 0.357. The Morgan fingerprint density at radius 3 is 3.10 bits per heavy atom. The zero-order chi connectivity index (χ0) is 14.7. The molecule has 112 valence electrons. The molecule has 4 nitrogen and oxygen atoms in total. The third-order valence-electron chi connectivity index (χ3n) is 3.26. The largest absolute Gasteiger partial charge is 0.369 e. The van der Waals surface area contributed by atoms with Crippen LogP contribution < -0.4 is 5.32 Å². The lowest BCUT2D eigenvalue weighted by Crippen LogP contribution is -2.46. The Hall–Kier alpha value is -1.08. The summed E-state index contributed by atoms with van der Waals surface area (Å²) in [6.07, 6.45) is -0.0133. The average Bonchev–Trinajstić information content (AvgIpc) is 3.16. The number of hydrogen-bond donors (Lipinski definition) is 1. The summed E-state index contributed by atoms with van der Waals surface area (Å²) >= 11 is 9.02. The molecule has 3 heterocycles. The molecule has 0 radical (unpaired) electrons. The number of carbonyl (C=O) groups excluding carboxylic acids is 1. The molecule has 0 aromatic carbocycles. The van der Waals surface area contributed by atoms with E-state index in [1.165, 1.54) is 11.3 Å². The highest BCUT2D eigenvalue weighted by atomic mass is 35.5. The Morgan fingerprint density at radius 1 is 1.48 bits per heavy atom. The molecular weight excluding hydrogens is 328 g/mol. The first-order chi connectivity index (χ1) is 10.2. The van der Waals surface area contributed by atoms with E-state index in [1.54, 1.807) is 11.3 Å². The molecule has 21 heavy (non-hydrogen) atoms. The third kappa shape index (κ3) is 3.77. The number of morpholine rings is 1. The minimum atomic E-state index is -0.0515. The summed E-state index contributed by atoms with van der Waals surface area (Å²) in [6.45, 7) is 2.30. The molecule has 1 atom stereocenters. The smallest absolute Gasteiger partial charge is 0.317 e. The van der Waals surface area contributed by atoms with E-state index in [1.807, 2.05) is 34.5 Å². The molecule has 1 aliphatic rings. The van der Waals surface area contributed by atoms with Crippen LogP contribution in [-0.2, 0) is 11.3 Å². The summed E-state index contributed by atoms with van der Waals surface area (Å²) in [4.78, 5) is 16.3. The van der Waals surface area contributed by atoms with Gasteiger partial charge in [0, 0.05) is 16.3 Å². The monoisotopic (exact) mass is 342 g/mol. The molecule has 0 bridgehead atoms. The second-order valence-electron chi connectivity index (χ2n) is 4.69. The molecule has 1 unspecified atom stereocenters. The SMILES string of the molecule is O=C(NCc1ccc(Cl)s1)N1CCOC(c2cccs2)C1. The van der Waals surface area contributed by atoms with Gasteiger partial charge in [0.2, 0.25) is 0 Å². The molecule has 7 heteroatoms. The topological polar surface area (TPSA) is 41.6 Å². The molecule has 1 fully saturated rings. The quantitative estimate of drug-likeness (QED) is 0.923. The van der Waals surface area contributed by atoms with Gasteiger partial charge in [-0.15, -0.1) is 22.7 Å².